The summed E-state index contributed by atoms with van der Waals surface area (Å²) in [6.07, 6.45) is 1.81. The Morgan fingerprint density at radius 1 is 1.33 bits per heavy atom. The summed E-state index contributed by atoms with van der Waals surface area (Å²) in [6.45, 7) is 14.1. The number of anilines is 1. The Balaban J connectivity index is 1.73. The molecule has 2 N–H and O–H groups in total. The molecule has 4 rings (SSSR count). The standard InChI is InChI=1S/C24H29N5O/c1-17(2)15-19-18(3)20(16-25)24-27-21-7-4-5-8-22(21)29(24)23(19)26-9-6-10-28-11-13-30-14-12-28/h4-5,7-8,26H,1,6,9-15H2,2-3H3/p+1. The molecule has 1 aromatic carbocycles. The molecule has 3 aromatic rings. The minimum absolute atomic E-state index is 0.644. The summed E-state index contributed by atoms with van der Waals surface area (Å²) in [5.41, 5.74) is 6.49. The number of rotatable bonds is 7. The predicted molar refractivity (Wildman–Crippen MR) is 120 cm³/mol. The van der Waals surface area contributed by atoms with Crippen LogP contribution in [0, 0.1) is 18.3 Å². The maximum Gasteiger partial charge on any atom is 0.157 e. The molecular formula is C24H30N5O+. The zero-order valence-electron chi connectivity index (χ0n) is 17.9. The molecule has 0 unspecified atom stereocenters. The lowest BCUT2D eigenvalue weighted by Crippen LogP contribution is -3.14. The average molecular weight is 405 g/mol. The number of aromatic nitrogens is 2. The van der Waals surface area contributed by atoms with Crippen LogP contribution < -0.4 is 10.2 Å². The number of pyridine rings is 1. The number of nitrogens with zero attached hydrogens (tertiary/aromatic N) is 3. The van der Waals surface area contributed by atoms with Crippen LogP contribution in [0.15, 0.2) is 36.4 Å². The van der Waals surface area contributed by atoms with E-state index < -0.39 is 0 Å². The van der Waals surface area contributed by atoms with E-state index in [0.717, 1.165) is 91.4 Å². The molecule has 3 heterocycles. The van der Waals surface area contributed by atoms with Gasteiger partial charge in [0, 0.05) is 18.5 Å². The number of para-hydroxylation sites is 2. The zero-order chi connectivity index (χ0) is 21.1. The summed E-state index contributed by atoms with van der Waals surface area (Å²) in [7, 11) is 0. The van der Waals surface area contributed by atoms with Crippen molar-refractivity contribution < 1.29 is 9.64 Å². The molecule has 0 spiro atoms. The first-order chi connectivity index (χ1) is 14.6. The number of nitriles is 1. The molecule has 156 valence electrons. The van der Waals surface area contributed by atoms with Gasteiger partial charge in [0.1, 0.15) is 25.0 Å². The number of ether oxygens (including phenoxy) is 1. The molecule has 0 radical (unpaired) electrons. The first-order valence-corrected chi connectivity index (χ1v) is 10.7. The summed E-state index contributed by atoms with van der Waals surface area (Å²) in [5.74, 6) is 1.04. The fourth-order valence-electron chi connectivity index (χ4n) is 4.34. The molecule has 1 fully saturated rings. The van der Waals surface area contributed by atoms with Gasteiger partial charge in [-0.3, -0.25) is 4.40 Å². The highest BCUT2D eigenvalue weighted by Gasteiger charge is 2.21. The van der Waals surface area contributed by atoms with E-state index in [0.29, 0.717) is 5.56 Å². The van der Waals surface area contributed by atoms with Crippen LogP contribution in [0.5, 0.6) is 0 Å². The number of allylic oxidation sites excluding steroid dienone is 1. The van der Waals surface area contributed by atoms with Crippen molar-refractivity contribution >= 4 is 22.5 Å². The number of benzene rings is 1. The van der Waals surface area contributed by atoms with Crippen molar-refractivity contribution in [2.75, 3.05) is 44.7 Å². The van der Waals surface area contributed by atoms with Gasteiger partial charge in [0.05, 0.1) is 36.4 Å². The van der Waals surface area contributed by atoms with Crippen LogP contribution in [-0.4, -0.2) is 48.8 Å². The third-order valence-electron chi connectivity index (χ3n) is 5.91. The smallest absolute Gasteiger partial charge is 0.157 e. The lowest BCUT2D eigenvalue weighted by atomic mass is 9.99. The molecule has 1 aliphatic rings. The topological polar surface area (TPSA) is 66.8 Å². The lowest BCUT2D eigenvalue weighted by molar-refractivity contribution is -0.908. The van der Waals surface area contributed by atoms with Crippen LogP contribution in [0.3, 0.4) is 0 Å². The molecule has 2 aromatic heterocycles. The highest BCUT2D eigenvalue weighted by molar-refractivity contribution is 5.86. The van der Waals surface area contributed by atoms with Crippen molar-refractivity contribution in [1.29, 1.82) is 5.26 Å². The van der Waals surface area contributed by atoms with E-state index >= 15 is 0 Å². The highest BCUT2D eigenvalue weighted by atomic mass is 16.5. The number of imidazole rings is 1. The summed E-state index contributed by atoms with van der Waals surface area (Å²) in [4.78, 5) is 6.40. The van der Waals surface area contributed by atoms with Crippen molar-refractivity contribution in [2.45, 2.75) is 26.7 Å². The van der Waals surface area contributed by atoms with E-state index in [1.807, 2.05) is 32.0 Å². The van der Waals surface area contributed by atoms with Crippen LogP contribution in [0.4, 0.5) is 5.82 Å². The third-order valence-corrected chi connectivity index (χ3v) is 5.91. The minimum atomic E-state index is 0.644. The molecule has 0 aliphatic carbocycles. The first-order valence-electron chi connectivity index (χ1n) is 10.7. The fourth-order valence-corrected chi connectivity index (χ4v) is 4.34. The summed E-state index contributed by atoms with van der Waals surface area (Å²) >= 11 is 0. The molecular weight excluding hydrogens is 374 g/mol. The maximum absolute atomic E-state index is 9.89. The minimum Gasteiger partial charge on any atom is -0.371 e. The van der Waals surface area contributed by atoms with Crippen LogP contribution in [0.25, 0.3) is 16.7 Å². The summed E-state index contributed by atoms with van der Waals surface area (Å²) in [6, 6.07) is 10.5. The van der Waals surface area contributed by atoms with Crippen molar-refractivity contribution in [3.8, 4) is 6.07 Å². The van der Waals surface area contributed by atoms with Crippen molar-refractivity contribution in [3.63, 3.8) is 0 Å². The second-order valence-corrected chi connectivity index (χ2v) is 8.23. The molecule has 0 amide bonds. The summed E-state index contributed by atoms with van der Waals surface area (Å²) in [5, 5.41) is 13.6. The van der Waals surface area contributed by atoms with Gasteiger partial charge in [0.15, 0.2) is 5.65 Å². The third kappa shape index (κ3) is 3.91. The van der Waals surface area contributed by atoms with E-state index in [9.17, 15) is 5.26 Å². The second-order valence-electron chi connectivity index (χ2n) is 8.23. The van der Waals surface area contributed by atoms with Gasteiger partial charge in [-0.15, -0.1) is 0 Å². The van der Waals surface area contributed by atoms with E-state index in [2.05, 4.69) is 28.4 Å². The van der Waals surface area contributed by atoms with Gasteiger partial charge in [-0.25, -0.2) is 4.98 Å². The maximum atomic E-state index is 9.89. The molecule has 1 saturated heterocycles. The molecule has 0 atom stereocenters. The van der Waals surface area contributed by atoms with Gasteiger partial charge < -0.3 is 15.0 Å². The van der Waals surface area contributed by atoms with Crippen molar-refractivity contribution in [2.24, 2.45) is 0 Å². The SMILES string of the molecule is C=C(C)Cc1c(C)c(C#N)c2nc3ccccc3n2c1NCCC[NH+]1CCOCC1. The van der Waals surface area contributed by atoms with E-state index in [4.69, 9.17) is 9.72 Å². The van der Waals surface area contributed by atoms with Crippen LogP contribution >= 0.6 is 0 Å². The number of fused-ring (bicyclic) bond motifs is 3. The number of hydrogen-bond acceptors (Lipinski definition) is 4. The molecule has 0 saturated carbocycles. The van der Waals surface area contributed by atoms with Gasteiger partial charge in [0.25, 0.3) is 0 Å². The second kappa shape index (κ2) is 8.86. The van der Waals surface area contributed by atoms with Gasteiger partial charge >= 0.3 is 0 Å². The molecule has 30 heavy (non-hydrogen) atoms. The van der Waals surface area contributed by atoms with Crippen molar-refractivity contribution in [1.82, 2.24) is 9.38 Å². The Hall–Kier alpha value is -2.88. The van der Waals surface area contributed by atoms with Gasteiger partial charge in [-0.2, -0.15) is 5.26 Å². The number of morpholine rings is 1. The quantitative estimate of drug-likeness (QED) is 0.469. The Morgan fingerprint density at radius 2 is 2.10 bits per heavy atom. The normalized spacial score (nSPS) is 14.8. The number of quaternary nitrogens is 1. The molecule has 0 bridgehead atoms. The van der Waals surface area contributed by atoms with E-state index in [-0.39, 0.29) is 0 Å². The predicted octanol–water partition coefficient (Wildman–Crippen LogP) is 2.50. The largest absolute Gasteiger partial charge is 0.371 e. The Labute approximate surface area is 177 Å². The van der Waals surface area contributed by atoms with Crippen LogP contribution in [0.2, 0.25) is 0 Å². The first kappa shape index (κ1) is 20.4. The van der Waals surface area contributed by atoms with Crippen LogP contribution in [0.1, 0.15) is 30.0 Å². The van der Waals surface area contributed by atoms with Crippen molar-refractivity contribution in [3.05, 3.63) is 53.1 Å². The van der Waals surface area contributed by atoms with Gasteiger partial charge in [-0.05, 0) is 38.0 Å². The molecule has 6 heteroatoms. The van der Waals surface area contributed by atoms with Crippen LogP contribution in [-0.2, 0) is 11.2 Å². The number of nitrogens with one attached hydrogen (secondary N) is 2. The van der Waals surface area contributed by atoms with Gasteiger partial charge in [-0.1, -0.05) is 24.3 Å². The Morgan fingerprint density at radius 3 is 2.83 bits per heavy atom. The Bertz CT molecular complexity index is 1120. The summed E-state index contributed by atoms with van der Waals surface area (Å²) < 4.78 is 7.59. The number of hydrogen-bond donors (Lipinski definition) is 2. The molecule has 6 nitrogen and oxygen atoms in total. The van der Waals surface area contributed by atoms with E-state index in [1.54, 1.807) is 4.90 Å². The van der Waals surface area contributed by atoms with E-state index in [1.165, 1.54) is 0 Å². The van der Waals surface area contributed by atoms with Gasteiger partial charge in [0.2, 0.25) is 0 Å². The highest BCUT2D eigenvalue weighted by Crippen LogP contribution is 2.32. The fraction of sp³-hybridized carbons (Fsp3) is 0.417. The zero-order valence-corrected chi connectivity index (χ0v) is 17.9. The molecule has 1 aliphatic heterocycles. The monoisotopic (exact) mass is 404 g/mol. The average Bonchev–Trinajstić information content (AvgIpc) is 3.13. The lowest BCUT2D eigenvalue weighted by Gasteiger charge is -2.24. The Kier molecular flexibility index (Phi) is 6.03.